The van der Waals surface area contributed by atoms with Crippen LogP contribution < -0.4 is 5.32 Å². The van der Waals surface area contributed by atoms with Gasteiger partial charge in [0, 0.05) is 39.0 Å². The number of benzene rings is 1. The van der Waals surface area contributed by atoms with Crippen molar-refractivity contribution in [2.75, 3.05) is 6.54 Å². The van der Waals surface area contributed by atoms with Crippen LogP contribution in [0.3, 0.4) is 0 Å². The monoisotopic (exact) mass is 265 g/mol. The highest BCUT2D eigenvalue weighted by atomic mass is 35.5. The maximum absolute atomic E-state index is 9.31. The summed E-state index contributed by atoms with van der Waals surface area (Å²) in [5, 5.41) is 13.0. The molecule has 2 aromatic rings. The van der Waals surface area contributed by atoms with E-state index in [1.54, 1.807) is 18.3 Å². The lowest BCUT2D eigenvalue weighted by Crippen LogP contribution is -2.18. The summed E-state index contributed by atoms with van der Waals surface area (Å²) < 4.78 is 2.01. The number of aryl methyl sites for hydroxylation is 1. The Kier molecular flexibility index (Phi) is 4.23. The zero-order valence-electron chi connectivity index (χ0n) is 10.2. The topological polar surface area (TPSA) is 50.1 Å². The molecule has 0 unspecified atom stereocenters. The van der Waals surface area contributed by atoms with Crippen molar-refractivity contribution in [2.24, 2.45) is 7.05 Å². The molecule has 0 saturated heterocycles. The summed E-state index contributed by atoms with van der Waals surface area (Å²) in [6.45, 7) is 1.58. The second-order valence-corrected chi connectivity index (χ2v) is 4.57. The third-order valence-corrected chi connectivity index (χ3v) is 3.09. The molecule has 0 radical (unpaired) electrons. The van der Waals surface area contributed by atoms with Crippen molar-refractivity contribution in [3.63, 3.8) is 0 Å². The third-order valence-electron chi connectivity index (χ3n) is 2.79. The Balaban J connectivity index is 1.78. The lowest BCUT2D eigenvalue weighted by atomic mass is 10.2. The smallest absolute Gasteiger partial charge is 0.134 e. The van der Waals surface area contributed by atoms with Gasteiger partial charge in [0.05, 0.1) is 5.02 Å². The van der Waals surface area contributed by atoms with Crippen LogP contribution in [0.5, 0.6) is 5.75 Å². The number of aromatic nitrogens is 2. The highest BCUT2D eigenvalue weighted by Crippen LogP contribution is 2.23. The SMILES string of the molecule is Cn1ccnc1CCNCc1ccc(O)c(Cl)c1. The Morgan fingerprint density at radius 2 is 2.28 bits per heavy atom. The van der Waals surface area contributed by atoms with E-state index in [9.17, 15) is 5.11 Å². The second-order valence-electron chi connectivity index (χ2n) is 4.17. The number of nitrogens with zero attached hydrogens (tertiary/aromatic N) is 2. The van der Waals surface area contributed by atoms with Crippen molar-refractivity contribution in [2.45, 2.75) is 13.0 Å². The number of rotatable bonds is 5. The molecule has 0 aliphatic carbocycles. The van der Waals surface area contributed by atoms with E-state index in [1.165, 1.54) is 0 Å². The van der Waals surface area contributed by atoms with Crippen molar-refractivity contribution in [1.29, 1.82) is 0 Å². The van der Waals surface area contributed by atoms with Crippen molar-refractivity contribution in [3.8, 4) is 5.75 Å². The summed E-state index contributed by atoms with van der Waals surface area (Å²) in [5.74, 6) is 1.18. The van der Waals surface area contributed by atoms with Crippen LogP contribution in [0, 0.1) is 0 Å². The van der Waals surface area contributed by atoms with Gasteiger partial charge in [0.2, 0.25) is 0 Å². The molecular formula is C13H16ClN3O. The van der Waals surface area contributed by atoms with Gasteiger partial charge in [-0.05, 0) is 17.7 Å². The van der Waals surface area contributed by atoms with Crippen molar-refractivity contribution >= 4 is 11.6 Å². The predicted molar refractivity (Wildman–Crippen MR) is 71.7 cm³/mol. The molecule has 0 fully saturated rings. The van der Waals surface area contributed by atoms with Gasteiger partial charge in [0.1, 0.15) is 11.6 Å². The van der Waals surface area contributed by atoms with Gasteiger partial charge in [0.15, 0.2) is 0 Å². The van der Waals surface area contributed by atoms with E-state index in [1.807, 2.05) is 23.9 Å². The fourth-order valence-corrected chi connectivity index (χ4v) is 1.93. The summed E-state index contributed by atoms with van der Waals surface area (Å²) in [5.41, 5.74) is 1.05. The van der Waals surface area contributed by atoms with Gasteiger partial charge in [-0.2, -0.15) is 0 Å². The molecule has 0 bridgehead atoms. The van der Waals surface area contributed by atoms with E-state index in [0.29, 0.717) is 5.02 Å². The van der Waals surface area contributed by atoms with Crippen molar-refractivity contribution in [1.82, 2.24) is 14.9 Å². The van der Waals surface area contributed by atoms with Crippen LogP contribution in [-0.4, -0.2) is 21.2 Å². The number of halogens is 1. The Labute approximate surface area is 111 Å². The molecule has 1 aromatic heterocycles. The molecule has 0 saturated carbocycles. The summed E-state index contributed by atoms with van der Waals surface area (Å²) >= 11 is 5.84. The minimum Gasteiger partial charge on any atom is -0.506 e. The van der Waals surface area contributed by atoms with E-state index in [4.69, 9.17) is 11.6 Å². The van der Waals surface area contributed by atoms with Gasteiger partial charge in [0.25, 0.3) is 0 Å². The van der Waals surface area contributed by atoms with E-state index in [-0.39, 0.29) is 5.75 Å². The van der Waals surface area contributed by atoms with E-state index < -0.39 is 0 Å². The number of phenolic OH excluding ortho intramolecular Hbond substituents is 1. The van der Waals surface area contributed by atoms with Crippen LogP contribution in [0.1, 0.15) is 11.4 Å². The second kappa shape index (κ2) is 5.89. The van der Waals surface area contributed by atoms with Crippen LogP contribution in [-0.2, 0) is 20.0 Å². The number of phenols is 1. The lowest BCUT2D eigenvalue weighted by Gasteiger charge is -2.06. The first-order chi connectivity index (χ1) is 8.66. The van der Waals surface area contributed by atoms with Crippen molar-refractivity contribution in [3.05, 3.63) is 47.0 Å². The molecule has 2 rings (SSSR count). The van der Waals surface area contributed by atoms with Gasteiger partial charge < -0.3 is 15.0 Å². The molecule has 1 aromatic carbocycles. The molecule has 1 heterocycles. The fraction of sp³-hybridized carbons (Fsp3) is 0.308. The molecule has 0 spiro atoms. The number of hydrogen-bond donors (Lipinski definition) is 2. The van der Waals surface area contributed by atoms with Gasteiger partial charge in [-0.25, -0.2) is 4.98 Å². The molecular weight excluding hydrogens is 250 g/mol. The normalized spacial score (nSPS) is 10.8. The standard InChI is InChI=1S/C13H16ClN3O/c1-17-7-6-16-13(17)4-5-15-9-10-2-3-12(18)11(14)8-10/h2-3,6-8,15,18H,4-5,9H2,1H3. The number of hydrogen-bond acceptors (Lipinski definition) is 3. The molecule has 2 N–H and O–H groups in total. The third kappa shape index (κ3) is 3.24. The van der Waals surface area contributed by atoms with Gasteiger partial charge >= 0.3 is 0 Å². The Morgan fingerprint density at radius 1 is 1.44 bits per heavy atom. The largest absolute Gasteiger partial charge is 0.506 e. The number of nitrogens with one attached hydrogen (secondary N) is 1. The van der Waals surface area contributed by atoms with E-state index in [2.05, 4.69) is 10.3 Å². The molecule has 4 nitrogen and oxygen atoms in total. The number of imidazole rings is 1. The first-order valence-corrected chi connectivity index (χ1v) is 6.19. The van der Waals surface area contributed by atoms with E-state index in [0.717, 1.165) is 30.9 Å². The average Bonchev–Trinajstić information content (AvgIpc) is 2.75. The van der Waals surface area contributed by atoms with Crippen LogP contribution in [0.2, 0.25) is 5.02 Å². The summed E-state index contributed by atoms with van der Waals surface area (Å²) in [6.07, 6.45) is 4.62. The Bertz CT molecular complexity index is 525. The minimum atomic E-state index is 0.119. The Morgan fingerprint density at radius 3 is 2.94 bits per heavy atom. The zero-order chi connectivity index (χ0) is 13.0. The first-order valence-electron chi connectivity index (χ1n) is 5.81. The minimum absolute atomic E-state index is 0.119. The summed E-state index contributed by atoms with van der Waals surface area (Å²) in [6, 6.07) is 5.23. The van der Waals surface area contributed by atoms with Gasteiger partial charge in [-0.1, -0.05) is 17.7 Å². The highest BCUT2D eigenvalue weighted by molar-refractivity contribution is 6.32. The summed E-state index contributed by atoms with van der Waals surface area (Å²) in [7, 11) is 1.99. The molecule has 96 valence electrons. The maximum Gasteiger partial charge on any atom is 0.134 e. The quantitative estimate of drug-likeness (QED) is 0.814. The molecule has 18 heavy (non-hydrogen) atoms. The molecule has 5 heteroatoms. The average molecular weight is 266 g/mol. The van der Waals surface area contributed by atoms with Crippen LogP contribution in [0.15, 0.2) is 30.6 Å². The molecule has 0 amide bonds. The fourth-order valence-electron chi connectivity index (χ4n) is 1.73. The van der Waals surface area contributed by atoms with Crippen LogP contribution in [0.25, 0.3) is 0 Å². The molecule has 0 aliphatic rings. The molecule has 0 aliphatic heterocycles. The van der Waals surface area contributed by atoms with Gasteiger partial charge in [-0.15, -0.1) is 0 Å². The van der Waals surface area contributed by atoms with Crippen LogP contribution >= 0.6 is 11.6 Å². The molecule has 0 atom stereocenters. The first kappa shape index (κ1) is 12.9. The van der Waals surface area contributed by atoms with Crippen LogP contribution in [0.4, 0.5) is 0 Å². The number of aromatic hydroxyl groups is 1. The maximum atomic E-state index is 9.31. The predicted octanol–water partition coefficient (Wildman–Crippen LogP) is 2.11. The summed E-state index contributed by atoms with van der Waals surface area (Å²) in [4.78, 5) is 4.25. The van der Waals surface area contributed by atoms with Crippen molar-refractivity contribution < 1.29 is 5.11 Å². The van der Waals surface area contributed by atoms with Gasteiger partial charge in [-0.3, -0.25) is 0 Å². The lowest BCUT2D eigenvalue weighted by molar-refractivity contribution is 0.475. The highest BCUT2D eigenvalue weighted by Gasteiger charge is 2.01. The van der Waals surface area contributed by atoms with E-state index >= 15 is 0 Å². The Hall–Kier alpha value is -1.52. The zero-order valence-corrected chi connectivity index (χ0v) is 11.0.